The van der Waals surface area contributed by atoms with Crippen LogP contribution < -0.4 is 5.32 Å². The van der Waals surface area contributed by atoms with Gasteiger partial charge in [0.15, 0.2) is 0 Å². The standard InChI is InChI=1S/C32H36Cl2N2O2S/c1-23-9-8-12-26(17-23)21-39-22-31(37)36(20-25-15-16-28(33)29(34)18-25)30(19-24-10-4-2-5-11-24)32(38)35-27-13-6-3-7-14-27/h2,4-5,8-12,15-18,27,30H,3,6-7,13-14,19-22H2,1H3,(H,35,38)/t30-/m1/s1. The SMILES string of the molecule is Cc1cccc(CSCC(=O)N(Cc2ccc(Cl)c(Cl)c2)[C@H](Cc2ccccc2)C(=O)NC2CCCCC2)c1. The highest BCUT2D eigenvalue weighted by Crippen LogP contribution is 2.25. The molecule has 1 saturated carbocycles. The van der Waals surface area contributed by atoms with Crippen LogP contribution in [0.1, 0.15) is 54.4 Å². The molecule has 0 radical (unpaired) electrons. The lowest BCUT2D eigenvalue weighted by Gasteiger charge is -2.33. The molecule has 0 bridgehead atoms. The Balaban J connectivity index is 1.58. The molecule has 0 unspecified atom stereocenters. The molecule has 1 N–H and O–H groups in total. The minimum atomic E-state index is -0.643. The average Bonchev–Trinajstić information content (AvgIpc) is 2.93. The van der Waals surface area contributed by atoms with Crippen molar-refractivity contribution in [2.24, 2.45) is 0 Å². The first-order valence-electron chi connectivity index (χ1n) is 13.6. The maximum atomic E-state index is 13.9. The van der Waals surface area contributed by atoms with Crippen LogP contribution in [0.3, 0.4) is 0 Å². The third-order valence-corrected chi connectivity index (χ3v) is 8.86. The Kier molecular flexibility index (Phi) is 11.2. The number of nitrogens with zero attached hydrogens (tertiary/aromatic N) is 1. The average molecular weight is 584 g/mol. The molecule has 4 nitrogen and oxygen atoms in total. The Bertz CT molecular complexity index is 1250. The van der Waals surface area contributed by atoms with E-state index in [4.69, 9.17) is 23.2 Å². The van der Waals surface area contributed by atoms with Crippen LogP contribution in [0.15, 0.2) is 72.8 Å². The lowest BCUT2D eigenvalue weighted by molar-refractivity contribution is -0.139. The van der Waals surface area contributed by atoms with E-state index in [0.717, 1.165) is 42.6 Å². The van der Waals surface area contributed by atoms with Gasteiger partial charge in [0, 0.05) is 24.8 Å². The molecule has 0 saturated heterocycles. The van der Waals surface area contributed by atoms with E-state index in [1.54, 1.807) is 28.8 Å². The van der Waals surface area contributed by atoms with E-state index in [2.05, 4.69) is 30.4 Å². The van der Waals surface area contributed by atoms with Gasteiger partial charge in [0.05, 0.1) is 15.8 Å². The molecule has 1 fully saturated rings. The summed E-state index contributed by atoms with van der Waals surface area (Å²) in [5.74, 6) is 0.837. The van der Waals surface area contributed by atoms with Gasteiger partial charge in [-0.3, -0.25) is 9.59 Å². The summed E-state index contributed by atoms with van der Waals surface area (Å²) in [6.07, 6.45) is 5.86. The summed E-state index contributed by atoms with van der Waals surface area (Å²) in [6.45, 7) is 2.34. The predicted molar refractivity (Wildman–Crippen MR) is 163 cm³/mol. The Labute approximate surface area is 246 Å². The third-order valence-electron chi connectivity index (χ3n) is 7.14. The van der Waals surface area contributed by atoms with Gasteiger partial charge in [-0.2, -0.15) is 0 Å². The number of benzene rings is 3. The predicted octanol–water partition coefficient (Wildman–Crippen LogP) is 7.62. The maximum absolute atomic E-state index is 13.9. The van der Waals surface area contributed by atoms with Crippen LogP contribution >= 0.6 is 35.0 Å². The van der Waals surface area contributed by atoms with Crippen LogP contribution in [-0.2, 0) is 28.3 Å². The molecule has 39 heavy (non-hydrogen) atoms. The first kappa shape index (κ1) is 29.5. The van der Waals surface area contributed by atoms with Gasteiger partial charge >= 0.3 is 0 Å². The fraction of sp³-hybridized carbons (Fsp3) is 0.375. The van der Waals surface area contributed by atoms with Crippen molar-refractivity contribution in [3.8, 4) is 0 Å². The number of hydrogen-bond acceptors (Lipinski definition) is 3. The second-order valence-corrected chi connectivity index (χ2v) is 12.1. The van der Waals surface area contributed by atoms with Crippen molar-refractivity contribution in [1.82, 2.24) is 10.2 Å². The summed E-state index contributed by atoms with van der Waals surface area (Å²) < 4.78 is 0. The Hall–Kier alpha value is -2.47. The van der Waals surface area contributed by atoms with E-state index in [1.165, 1.54) is 17.5 Å². The van der Waals surface area contributed by atoms with Gasteiger partial charge in [0.1, 0.15) is 6.04 Å². The van der Waals surface area contributed by atoms with Crippen LogP contribution in [0.25, 0.3) is 0 Å². The van der Waals surface area contributed by atoms with Gasteiger partial charge in [-0.05, 0) is 48.6 Å². The first-order chi connectivity index (χ1) is 18.9. The molecule has 7 heteroatoms. The Morgan fingerprint density at radius 3 is 2.36 bits per heavy atom. The number of rotatable bonds is 11. The van der Waals surface area contributed by atoms with Gasteiger partial charge < -0.3 is 10.2 Å². The normalized spacial score (nSPS) is 14.5. The van der Waals surface area contributed by atoms with Crippen LogP contribution in [0.5, 0.6) is 0 Å². The number of aryl methyl sites for hydroxylation is 1. The summed E-state index contributed by atoms with van der Waals surface area (Å²) >= 11 is 14.1. The Morgan fingerprint density at radius 2 is 1.64 bits per heavy atom. The van der Waals surface area contributed by atoms with Crippen molar-refractivity contribution in [2.75, 3.05) is 5.75 Å². The largest absolute Gasteiger partial charge is 0.352 e. The van der Waals surface area contributed by atoms with E-state index >= 15 is 0 Å². The summed E-state index contributed by atoms with van der Waals surface area (Å²) in [4.78, 5) is 29.4. The quantitative estimate of drug-likeness (QED) is 0.253. The number of halogens is 2. The zero-order chi connectivity index (χ0) is 27.6. The van der Waals surface area contributed by atoms with Crippen molar-refractivity contribution < 1.29 is 9.59 Å². The number of nitrogens with one attached hydrogen (secondary N) is 1. The molecule has 1 aliphatic carbocycles. The molecule has 206 valence electrons. The van der Waals surface area contributed by atoms with Crippen molar-refractivity contribution in [3.63, 3.8) is 0 Å². The molecular weight excluding hydrogens is 547 g/mol. The highest BCUT2D eigenvalue weighted by molar-refractivity contribution is 7.99. The van der Waals surface area contributed by atoms with E-state index < -0.39 is 6.04 Å². The minimum Gasteiger partial charge on any atom is -0.352 e. The molecule has 0 aliphatic heterocycles. The number of amides is 2. The van der Waals surface area contributed by atoms with Crippen molar-refractivity contribution >= 4 is 46.8 Å². The molecule has 2 amide bonds. The van der Waals surface area contributed by atoms with Crippen molar-refractivity contribution in [2.45, 2.75) is 69.8 Å². The topological polar surface area (TPSA) is 49.4 Å². The fourth-order valence-electron chi connectivity index (χ4n) is 5.07. The second-order valence-electron chi connectivity index (χ2n) is 10.3. The van der Waals surface area contributed by atoms with E-state index in [-0.39, 0.29) is 30.2 Å². The van der Waals surface area contributed by atoms with Crippen LogP contribution in [0, 0.1) is 6.92 Å². The van der Waals surface area contributed by atoms with Crippen molar-refractivity contribution in [1.29, 1.82) is 0 Å². The zero-order valence-corrected chi connectivity index (χ0v) is 24.7. The zero-order valence-electron chi connectivity index (χ0n) is 22.4. The number of carbonyl (C=O) groups is 2. The summed E-state index contributed by atoms with van der Waals surface area (Å²) in [5, 5.41) is 4.18. The van der Waals surface area contributed by atoms with Crippen LogP contribution in [-0.4, -0.2) is 34.6 Å². The first-order valence-corrected chi connectivity index (χ1v) is 15.5. The van der Waals surface area contributed by atoms with E-state index in [1.807, 2.05) is 42.5 Å². The lowest BCUT2D eigenvalue weighted by atomic mass is 9.94. The fourth-order valence-corrected chi connectivity index (χ4v) is 6.25. The molecule has 0 spiro atoms. The highest BCUT2D eigenvalue weighted by atomic mass is 35.5. The third kappa shape index (κ3) is 9.02. The molecule has 0 heterocycles. The second kappa shape index (κ2) is 14.8. The molecule has 3 aromatic rings. The summed E-state index contributed by atoms with van der Waals surface area (Å²) in [5.41, 5.74) is 4.23. The smallest absolute Gasteiger partial charge is 0.243 e. The van der Waals surface area contributed by atoms with Gasteiger partial charge in [-0.1, -0.05) is 109 Å². The van der Waals surface area contributed by atoms with Crippen LogP contribution in [0.4, 0.5) is 0 Å². The minimum absolute atomic E-state index is 0.0709. The summed E-state index contributed by atoms with van der Waals surface area (Å²) in [7, 11) is 0. The number of carbonyl (C=O) groups excluding carboxylic acids is 2. The van der Waals surface area contributed by atoms with Gasteiger partial charge in [-0.15, -0.1) is 11.8 Å². The van der Waals surface area contributed by atoms with Crippen molar-refractivity contribution in [3.05, 3.63) is 105 Å². The molecule has 0 aromatic heterocycles. The molecule has 1 aliphatic rings. The summed E-state index contributed by atoms with van der Waals surface area (Å²) in [6, 6.07) is 23.1. The van der Waals surface area contributed by atoms with E-state index in [0.29, 0.717) is 16.5 Å². The highest BCUT2D eigenvalue weighted by Gasteiger charge is 2.32. The molecule has 1 atom stereocenters. The Morgan fingerprint density at radius 1 is 0.897 bits per heavy atom. The monoisotopic (exact) mass is 582 g/mol. The number of thioether (sulfide) groups is 1. The number of hydrogen-bond donors (Lipinski definition) is 1. The molecule has 4 rings (SSSR count). The van der Waals surface area contributed by atoms with Gasteiger partial charge in [0.2, 0.25) is 11.8 Å². The van der Waals surface area contributed by atoms with Crippen LogP contribution in [0.2, 0.25) is 10.0 Å². The lowest BCUT2D eigenvalue weighted by Crippen LogP contribution is -2.53. The molecule has 3 aromatic carbocycles. The van der Waals surface area contributed by atoms with Gasteiger partial charge in [0.25, 0.3) is 0 Å². The maximum Gasteiger partial charge on any atom is 0.243 e. The molecular formula is C32H36Cl2N2O2S. The van der Waals surface area contributed by atoms with Gasteiger partial charge in [-0.25, -0.2) is 0 Å². The van der Waals surface area contributed by atoms with E-state index in [9.17, 15) is 9.59 Å².